The normalized spacial score (nSPS) is 17.6. The van der Waals surface area contributed by atoms with E-state index in [0.717, 1.165) is 11.5 Å². The van der Waals surface area contributed by atoms with Gasteiger partial charge in [0.25, 0.3) is 0 Å². The Bertz CT molecular complexity index is 553. The number of hydrogen-bond acceptors (Lipinski definition) is 1. The van der Waals surface area contributed by atoms with E-state index in [-0.39, 0.29) is 0 Å². The molecule has 3 rings (SSSR count). The van der Waals surface area contributed by atoms with Gasteiger partial charge in [-0.15, -0.1) is 0 Å². The molecule has 0 aliphatic heterocycles. The molecule has 0 amide bonds. The van der Waals surface area contributed by atoms with Gasteiger partial charge in [-0.25, -0.2) is 0 Å². The summed E-state index contributed by atoms with van der Waals surface area (Å²) < 4.78 is 5.95. The van der Waals surface area contributed by atoms with Crippen LogP contribution in [-0.2, 0) is 5.41 Å². The van der Waals surface area contributed by atoms with Crippen molar-refractivity contribution in [2.45, 2.75) is 44.4 Å². The lowest BCUT2D eigenvalue weighted by atomic mass is 9.71. The highest BCUT2D eigenvalue weighted by Gasteiger charge is 2.28. The van der Waals surface area contributed by atoms with Gasteiger partial charge in [0.05, 0.1) is 0 Å². The molecule has 1 nitrogen and oxygen atoms in total. The molecule has 0 unspecified atom stereocenters. The summed E-state index contributed by atoms with van der Waals surface area (Å²) in [6, 6.07) is 18.6. The average molecular weight is 266 g/mol. The molecule has 2 aromatic rings. The summed E-state index contributed by atoms with van der Waals surface area (Å²) in [5.41, 5.74) is 1.75. The second-order valence-electron chi connectivity index (χ2n) is 6.06. The molecule has 0 aromatic heterocycles. The van der Waals surface area contributed by atoms with Crippen LogP contribution in [0.3, 0.4) is 0 Å². The van der Waals surface area contributed by atoms with E-state index in [1.165, 1.54) is 37.7 Å². The van der Waals surface area contributed by atoms with Crippen molar-refractivity contribution in [2.75, 3.05) is 0 Å². The van der Waals surface area contributed by atoms with Crippen molar-refractivity contribution in [3.63, 3.8) is 0 Å². The van der Waals surface area contributed by atoms with Crippen molar-refractivity contribution in [3.05, 3.63) is 60.2 Å². The van der Waals surface area contributed by atoms with E-state index in [4.69, 9.17) is 4.74 Å². The second kappa shape index (κ2) is 5.70. The zero-order valence-electron chi connectivity index (χ0n) is 12.1. The lowest BCUT2D eigenvalue weighted by molar-refractivity contribution is 0.318. The lowest BCUT2D eigenvalue weighted by Crippen LogP contribution is -2.24. The molecule has 0 heterocycles. The van der Waals surface area contributed by atoms with Gasteiger partial charge in [-0.3, -0.25) is 0 Å². The molecule has 1 heteroatoms. The van der Waals surface area contributed by atoms with Gasteiger partial charge in [-0.2, -0.15) is 0 Å². The molecule has 0 atom stereocenters. The highest BCUT2D eigenvalue weighted by molar-refractivity contribution is 5.37. The second-order valence-corrected chi connectivity index (χ2v) is 6.06. The Morgan fingerprint density at radius 1 is 0.800 bits per heavy atom. The van der Waals surface area contributed by atoms with Gasteiger partial charge in [0.15, 0.2) is 0 Å². The molecule has 1 fully saturated rings. The van der Waals surface area contributed by atoms with Gasteiger partial charge < -0.3 is 4.74 Å². The van der Waals surface area contributed by atoms with Gasteiger partial charge in [0, 0.05) is 0 Å². The topological polar surface area (TPSA) is 9.23 Å². The minimum atomic E-state index is 0.328. The molecule has 1 aliphatic carbocycles. The zero-order chi connectivity index (χ0) is 13.8. The van der Waals surface area contributed by atoms with E-state index in [1.807, 2.05) is 36.4 Å². The van der Waals surface area contributed by atoms with E-state index < -0.39 is 0 Å². The van der Waals surface area contributed by atoms with Crippen molar-refractivity contribution in [1.82, 2.24) is 0 Å². The molecule has 1 saturated carbocycles. The largest absolute Gasteiger partial charge is 0.457 e. The first-order valence-electron chi connectivity index (χ1n) is 7.60. The van der Waals surface area contributed by atoms with Crippen LogP contribution in [-0.4, -0.2) is 0 Å². The van der Waals surface area contributed by atoms with Crippen LogP contribution >= 0.6 is 0 Å². The van der Waals surface area contributed by atoms with Crippen molar-refractivity contribution < 1.29 is 4.74 Å². The highest BCUT2D eigenvalue weighted by atomic mass is 16.5. The van der Waals surface area contributed by atoms with Crippen molar-refractivity contribution in [2.24, 2.45) is 0 Å². The maximum atomic E-state index is 5.95. The predicted octanol–water partition coefficient (Wildman–Crippen LogP) is 5.70. The fraction of sp³-hybridized carbons (Fsp3) is 0.368. The standard InChI is InChI=1S/C19H22O/c1-19(13-6-3-7-14-19)16-9-8-12-18(15-16)20-17-10-4-2-5-11-17/h2,4-5,8-12,15H,3,6-7,13-14H2,1H3. The van der Waals surface area contributed by atoms with E-state index >= 15 is 0 Å². The van der Waals surface area contributed by atoms with Gasteiger partial charge in [0.2, 0.25) is 0 Å². The van der Waals surface area contributed by atoms with Crippen LogP contribution in [0.4, 0.5) is 0 Å². The molecule has 0 radical (unpaired) electrons. The summed E-state index contributed by atoms with van der Waals surface area (Å²) >= 11 is 0. The van der Waals surface area contributed by atoms with Crippen molar-refractivity contribution >= 4 is 0 Å². The van der Waals surface area contributed by atoms with E-state index in [0.29, 0.717) is 5.41 Å². The quantitative estimate of drug-likeness (QED) is 0.692. The summed E-state index contributed by atoms with van der Waals surface area (Å²) in [4.78, 5) is 0. The van der Waals surface area contributed by atoms with Gasteiger partial charge in [-0.1, -0.05) is 56.5 Å². The average Bonchev–Trinajstić information content (AvgIpc) is 2.49. The number of ether oxygens (including phenoxy) is 1. The van der Waals surface area contributed by atoms with Crippen LogP contribution in [0.1, 0.15) is 44.6 Å². The van der Waals surface area contributed by atoms with Gasteiger partial charge in [0.1, 0.15) is 11.5 Å². The Labute approximate surface area is 121 Å². The fourth-order valence-electron chi connectivity index (χ4n) is 3.18. The van der Waals surface area contributed by atoms with Crippen LogP contribution in [0.2, 0.25) is 0 Å². The molecule has 0 N–H and O–H groups in total. The monoisotopic (exact) mass is 266 g/mol. The molecule has 0 bridgehead atoms. The van der Waals surface area contributed by atoms with Gasteiger partial charge in [-0.05, 0) is 48.1 Å². The first-order valence-corrected chi connectivity index (χ1v) is 7.60. The maximum absolute atomic E-state index is 5.95. The molecule has 104 valence electrons. The van der Waals surface area contributed by atoms with Crippen LogP contribution in [0.25, 0.3) is 0 Å². The number of hydrogen-bond donors (Lipinski definition) is 0. The Morgan fingerprint density at radius 2 is 1.50 bits per heavy atom. The number of benzene rings is 2. The number of rotatable bonds is 3. The lowest BCUT2D eigenvalue weighted by Gasteiger charge is -2.34. The Hall–Kier alpha value is -1.76. The fourth-order valence-corrected chi connectivity index (χ4v) is 3.18. The molecule has 20 heavy (non-hydrogen) atoms. The van der Waals surface area contributed by atoms with Crippen LogP contribution in [0.5, 0.6) is 11.5 Å². The smallest absolute Gasteiger partial charge is 0.127 e. The molecular weight excluding hydrogens is 244 g/mol. The highest BCUT2D eigenvalue weighted by Crippen LogP contribution is 2.40. The summed E-state index contributed by atoms with van der Waals surface area (Å²) in [6.45, 7) is 2.40. The molecule has 0 spiro atoms. The third-order valence-electron chi connectivity index (χ3n) is 4.47. The summed E-state index contributed by atoms with van der Waals surface area (Å²) in [5.74, 6) is 1.85. The zero-order valence-corrected chi connectivity index (χ0v) is 12.1. The van der Waals surface area contributed by atoms with E-state index in [1.54, 1.807) is 0 Å². The van der Waals surface area contributed by atoms with Crippen molar-refractivity contribution in [3.8, 4) is 11.5 Å². The Morgan fingerprint density at radius 3 is 2.25 bits per heavy atom. The third-order valence-corrected chi connectivity index (χ3v) is 4.47. The molecule has 2 aromatic carbocycles. The molecule has 1 aliphatic rings. The first kappa shape index (κ1) is 13.2. The van der Waals surface area contributed by atoms with Crippen LogP contribution < -0.4 is 4.74 Å². The summed E-state index contributed by atoms with van der Waals surface area (Å²) in [5, 5.41) is 0. The minimum Gasteiger partial charge on any atom is -0.457 e. The molecule has 0 saturated heterocycles. The summed E-state index contributed by atoms with van der Waals surface area (Å²) in [6.07, 6.45) is 6.67. The van der Waals surface area contributed by atoms with E-state index in [2.05, 4.69) is 25.1 Å². The first-order chi connectivity index (χ1) is 9.76. The minimum absolute atomic E-state index is 0.328. The Balaban J connectivity index is 1.82. The predicted molar refractivity (Wildman–Crippen MR) is 83.4 cm³/mol. The number of para-hydroxylation sites is 1. The third kappa shape index (κ3) is 2.87. The van der Waals surface area contributed by atoms with Crippen molar-refractivity contribution in [1.29, 1.82) is 0 Å². The summed E-state index contributed by atoms with van der Waals surface area (Å²) in [7, 11) is 0. The van der Waals surface area contributed by atoms with Crippen LogP contribution in [0, 0.1) is 0 Å². The van der Waals surface area contributed by atoms with Crippen LogP contribution in [0.15, 0.2) is 54.6 Å². The molecular formula is C19H22O. The Kier molecular flexibility index (Phi) is 3.77. The SMILES string of the molecule is CC1(c2cccc(Oc3ccccc3)c2)CCCCC1. The maximum Gasteiger partial charge on any atom is 0.127 e. The van der Waals surface area contributed by atoms with E-state index in [9.17, 15) is 0 Å². The van der Waals surface area contributed by atoms with Gasteiger partial charge >= 0.3 is 0 Å².